The molecule has 5 nitrogen and oxygen atoms in total. The van der Waals surface area contributed by atoms with Gasteiger partial charge in [-0.25, -0.2) is 0 Å². The van der Waals surface area contributed by atoms with Crippen LogP contribution in [0.5, 0.6) is 0 Å². The Hall–Kier alpha value is -2.12. The largest absolute Gasteiger partial charge is 0.433 e. The van der Waals surface area contributed by atoms with Crippen LogP contribution in [0.2, 0.25) is 0 Å². The highest BCUT2D eigenvalue weighted by Crippen LogP contribution is 2.28. The maximum absolute atomic E-state index is 12.6. The Morgan fingerprint density at radius 3 is 2.46 bits per heavy atom. The standard InChI is InChI=1S/C18H22F3N3O2/c19-18(20,21)15-5-4-14(11-22-15)17(26)23-9-6-13(7-10-23)12-24-8-2-1-3-16(24)25/h4-5,11,13H,1-3,6-10,12H2. The Labute approximate surface area is 150 Å². The summed E-state index contributed by atoms with van der Waals surface area (Å²) in [6.45, 7) is 2.65. The van der Waals surface area contributed by atoms with Gasteiger partial charge in [0.15, 0.2) is 0 Å². The summed E-state index contributed by atoms with van der Waals surface area (Å²) in [5, 5.41) is 0. The van der Waals surface area contributed by atoms with Gasteiger partial charge in [0.1, 0.15) is 5.69 Å². The van der Waals surface area contributed by atoms with E-state index in [-0.39, 0.29) is 17.4 Å². The number of hydrogen-bond acceptors (Lipinski definition) is 3. The number of aromatic nitrogens is 1. The van der Waals surface area contributed by atoms with Gasteiger partial charge in [-0.2, -0.15) is 13.2 Å². The lowest BCUT2D eigenvalue weighted by Gasteiger charge is -2.36. The lowest BCUT2D eigenvalue weighted by molar-refractivity contribution is -0.141. The van der Waals surface area contributed by atoms with Crippen LogP contribution in [0, 0.1) is 5.92 Å². The summed E-state index contributed by atoms with van der Waals surface area (Å²) >= 11 is 0. The van der Waals surface area contributed by atoms with Crippen molar-refractivity contribution in [3.8, 4) is 0 Å². The lowest BCUT2D eigenvalue weighted by Crippen LogP contribution is -2.44. The first-order chi connectivity index (χ1) is 12.3. The maximum atomic E-state index is 12.6. The minimum atomic E-state index is -4.51. The van der Waals surface area contributed by atoms with Crippen LogP contribution in [0.3, 0.4) is 0 Å². The fourth-order valence-corrected chi connectivity index (χ4v) is 3.56. The third kappa shape index (κ3) is 4.34. The molecule has 8 heteroatoms. The number of halogens is 3. The molecule has 2 aliphatic heterocycles. The number of likely N-dealkylation sites (tertiary alicyclic amines) is 2. The summed E-state index contributed by atoms with van der Waals surface area (Å²) in [7, 11) is 0. The Morgan fingerprint density at radius 2 is 1.88 bits per heavy atom. The second kappa shape index (κ2) is 7.63. The van der Waals surface area contributed by atoms with Gasteiger partial charge in [-0.05, 0) is 43.7 Å². The van der Waals surface area contributed by atoms with E-state index in [2.05, 4.69) is 4.98 Å². The number of rotatable bonds is 3. The smallest absolute Gasteiger partial charge is 0.342 e. The van der Waals surface area contributed by atoms with Gasteiger partial charge in [-0.1, -0.05) is 0 Å². The van der Waals surface area contributed by atoms with Gasteiger partial charge in [0.25, 0.3) is 5.91 Å². The first-order valence-electron chi connectivity index (χ1n) is 8.95. The summed E-state index contributed by atoms with van der Waals surface area (Å²) in [6, 6.07) is 2.01. The van der Waals surface area contributed by atoms with Crippen molar-refractivity contribution in [2.45, 2.75) is 38.3 Å². The summed E-state index contributed by atoms with van der Waals surface area (Å²) in [5.74, 6) is 0.288. The molecule has 0 saturated carbocycles. The minimum Gasteiger partial charge on any atom is -0.342 e. The molecule has 1 aromatic rings. The monoisotopic (exact) mass is 369 g/mol. The van der Waals surface area contributed by atoms with E-state index >= 15 is 0 Å². The van der Waals surface area contributed by atoms with E-state index < -0.39 is 11.9 Å². The number of nitrogens with zero attached hydrogens (tertiary/aromatic N) is 3. The molecule has 0 spiro atoms. The van der Waals surface area contributed by atoms with Gasteiger partial charge in [0.2, 0.25) is 5.91 Å². The first kappa shape index (κ1) is 18.7. The molecule has 2 amide bonds. The predicted octanol–water partition coefficient (Wildman–Crippen LogP) is 2.97. The van der Waals surface area contributed by atoms with Gasteiger partial charge in [0.05, 0.1) is 5.56 Å². The highest BCUT2D eigenvalue weighted by Gasteiger charge is 2.33. The molecule has 2 aliphatic rings. The molecule has 0 aromatic carbocycles. The Morgan fingerprint density at radius 1 is 1.15 bits per heavy atom. The third-order valence-corrected chi connectivity index (χ3v) is 5.10. The van der Waals surface area contributed by atoms with Crippen LogP contribution in [0.4, 0.5) is 13.2 Å². The molecule has 142 valence electrons. The highest BCUT2D eigenvalue weighted by atomic mass is 19.4. The van der Waals surface area contributed by atoms with Gasteiger partial charge in [-0.15, -0.1) is 0 Å². The van der Waals surface area contributed by atoms with E-state index in [9.17, 15) is 22.8 Å². The second-order valence-electron chi connectivity index (χ2n) is 6.96. The summed E-state index contributed by atoms with van der Waals surface area (Å²) < 4.78 is 37.7. The van der Waals surface area contributed by atoms with E-state index in [1.165, 1.54) is 6.07 Å². The molecule has 26 heavy (non-hydrogen) atoms. The molecular formula is C18H22F3N3O2. The molecular weight excluding hydrogens is 347 g/mol. The Bertz CT molecular complexity index is 653. The molecule has 0 atom stereocenters. The minimum absolute atomic E-state index is 0.169. The predicted molar refractivity (Wildman–Crippen MR) is 88.3 cm³/mol. The molecule has 0 aliphatic carbocycles. The topological polar surface area (TPSA) is 53.5 Å². The SMILES string of the molecule is O=C1CCCCN1CC1CCN(C(=O)c2ccc(C(F)(F)F)nc2)CC1. The zero-order valence-electron chi connectivity index (χ0n) is 14.5. The molecule has 1 aromatic heterocycles. The van der Waals surface area contributed by atoms with E-state index in [1.54, 1.807) is 4.90 Å². The summed E-state index contributed by atoms with van der Waals surface area (Å²) in [5.41, 5.74) is -0.832. The zero-order chi connectivity index (χ0) is 18.7. The number of carbonyl (C=O) groups is 2. The number of alkyl halides is 3. The Balaban J connectivity index is 1.52. The first-order valence-corrected chi connectivity index (χ1v) is 8.95. The zero-order valence-corrected chi connectivity index (χ0v) is 14.5. The summed E-state index contributed by atoms with van der Waals surface area (Å²) in [6.07, 6.45) is 0.703. The van der Waals surface area contributed by atoms with Crippen molar-refractivity contribution >= 4 is 11.8 Å². The number of amides is 2. The van der Waals surface area contributed by atoms with Crippen molar-refractivity contribution in [1.82, 2.24) is 14.8 Å². The number of piperidine rings is 2. The van der Waals surface area contributed by atoms with E-state index in [0.717, 1.165) is 51.0 Å². The summed E-state index contributed by atoms with van der Waals surface area (Å²) in [4.78, 5) is 31.3. The van der Waals surface area contributed by atoms with Gasteiger partial charge < -0.3 is 9.80 Å². The van der Waals surface area contributed by atoms with E-state index in [4.69, 9.17) is 0 Å². The van der Waals surface area contributed by atoms with Crippen LogP contribution < -0.4 is 0 Å². The van der Waals surface area contributed by atoms with Crippen LogP contribution in [0.15, 0.2) is 18.3 Å². The third-order valence-electron chi connectivity index (χ3n) is 5.10. The van der Waals surface area contributed by atoms with Crippen LogP contribution >= 0.6 is 0 Å². The van der Waals surface area contributed by atoms with Crippen molar-refractivity contribution in [3.63, 3.8) is 0 Å². The van der Waals surface area contributed by atoms with Crippen molar-refractivity contribution < 1.29 is 22.8 Å². The molecule has 0 radical (unpaired) electrons. The van der Waals surface area contributed by atoms with E-state index in [0.29, 0.717) is 25.4 Å². The van der Waals surface area contributed by atoms with E-state index in [1.807, 2.05) is 4.90 Å². The van der Waals surface area contributed by atoms with Crippen LogP contribution in [0.25, 0.3) is 0 Å². The molecule has 0 N–H and O–H groups in total. The van der Waals surface area contributed by atoms with Crippen molar-refractivity contribution in [2.75, 3.05) is 26.2 Å². The van der Waals surface area contributed by atoms with Gasteiger partial charge >= 0.3 is 6.18 Å². The molecule has 0 bridgehead atoms. The Kier molecular flexibility index (Phi) is 5.48. The van der Waals surface area contributed by atoms with Crippen molar-refractivity contribution in [3.05, 3.63) is 29.6 Å². The van der Waals surface area contributed by atoms with Crippen LogP contribution in [0.1, 0.15) is 48.2 Å². The normalized spacial score (nSPS) is 19.7. The highest BCUT2D eigenvalue weighted by molar-refractivity contribution is 5.94. The van der Waals surface area contributed by atoms with Crippen molar-refractivity contribution in [2.24, 2.45) is 5.92 Å². The second-order valence-corrected chi connectivity index (χ2v) is 6.96. The molecule has 3 rings (SSSR count). The van der Waals surface area contributed by atoms with Gasteiger partial charge in [0, 0.05) is 38.8 Å². The fourth-order valence-electron chi connectivity index (χ4n) is 3.56. The average Bonchev–Trinajstić information content (AvgIpc) is 2.63. The number of pyridine rings is 1. The van der Waals surface area contributed by atoms with Crippen LogP contribution in [-0.4, -0.2) is 52.8 Å². The number of carbonyl (C=O) groups excluding carboxylic acids is 2. The molecule has 3 heterocycles. The molecule has 2 fully saturated rings. The van der Waals surface area contributed by atoms with Crippen LogP contribution in [-0.2, 0) is 11.0 Å². The molecule has 2 saturated heterocycles. The maximum Gasteiger partial charge on any atom is 0.433 e. The quantitative estimate of drug-likeness (QED) is 0.823. The van der Waals surface area contributed by atoms with Gasteiger partial charge in [-0.3, -0.25) is 14.6 Å². The fraction of sp³-hybridized carbons (Fsp3) is 0.611. The number of hydrogen-bond donors (Lipinski definition) is 0. The average molecular weight is 369 g/mol. The molecule has 0 unspecified atom stereocenters. The lowest BCUT2D eigenvalue weighted by atomic mass is 9.94. The van der Waals surface area contributed by atoms with Crippen molar-refractivity contribution in [1.29, 1.82) is 0 Å².